The van der Waals surface area contributed by atoms with Crippen molar-refractivity contribution in [3.05, 3.63) is 59.7 Å². The highest BCUT2D eigenvalue weighted by atomic mass is 16.6. The Morgan fingerprint density at radius 3 is 1.90 bits per heavy atom. The lowest BCUT2D eigenvalue weighted by Gasteiger charge is -2.35. The maximum atomic E-state index is 12.0. The van der Waals surface area contributed by atoms with Crippen molar-refractivity contribution in [1.29, 1.82) is 0 Å². The van der Waals surface area contributed by atoms with Crippen LogP contribution in [0, 0.1) is 0 Å². The second-order valence-electron chi connectivity index (χ2n) is 7.22. The smallest absolute Gasteiger partial charge is 0.330 e. The molecule has 0 spiro atoms. The molecule has 1 aliphatic rings. The maximum Gasteiger partial charge on any atom is 0.330 e. The van der Waals surface area contributed by atoms with Gasteiger partial charge in [-0.15, -0.1) is 0 Å². The monoisotopic (exact) mass is 398 g/mol. The first-order valence-electron chi connectivity index (χ1n) is 9.56. The summed E-state index contributed by atoms with van der Waals surface area (Å²) in [6, 6.07) is 10.5. The number of carbonyl (C=O) groups excluding carboxylic acids is 1. The molecule has 29 heavy (non-hydrogen) atoms. The third kappa shape index (κ3) is 5.02. The van der Waals surface area contributed by atoms with Gasteiger partial charge in [-0.05, 0) is 61.1 Å². The van der Waals surface area contributed by atoms with Gasteiger partial charge in [0.15, 0.2) is 23.0 Å². The number of phenolic OH excluding ortho intramolecular Hbond substituents is 2. The fraction of sp³-hybridized carbons (Fsp3) is 0.348. The Hall–Kier alpha value is -3.15. The molecule has 0 atom stereocenters. The molecule has 154 valence electrons. The summed E-state index contributed by atoms with van der Waals surface area (Å²) >= 11 is 0. The normalized spacial score (nSPS) is 15.0. The molecule has 1 aliphatic heterocycles. The van der Waals surface area contributed by atoms with Crippen LogP contribution >= 0.6 is 0 Å². The molecule has 0 saturated carbocycles. The van der Waals surface area contributed by atoms with Gasteiger partial charge in [0, 0.05) is 12.5 Å². The molecule has 0 aromatic heterocycles. The standard InChI is InChI=1S/C23H26O6/c1-27-20-14-16(5-7-18(20)24)9-12-23(11-3-4-22(26)29-23)13-10-17-6-8-19(25)21(15-17)28-2/h3-8,14-15,24-25H,9-13H2,1-2H3. The predicted molar refractivity (Wildman–Crippen MR) is 109 cm³/mol. The fourth-order valence-electron chi connectivity index (χ4n) is 3.59. The fourth-order valence-corrected chi connectivity index (χ4v) is 3.59. The van der Waals surface area contributed by atoms with Crippen LogP contribution in [0.15, 0.2) is 48.6 Å². The van der Waals surface area contributed by atoms with E-state index in [9.17, 15) is 15.0 Å². The molecule has 0 unspecified atom stereocenters. The van der Waals surface area contributed by atoms with E-state index >= 15 is 0 Å². The van der Waals surface area contributed by atoms with Crippen molar-refractivity contribution >= 4 is 5.97 Å². The summed E-state index contributed by atoms with van der Waals surface area (Å²) in [4.78, 5) is 12.0. The molecule has 2 aromatic carbocycles. The first-order valence-corrected chi connectivity index (χ1v) is 9.56. The first-order chi connectivity index (χ1) is 13.9. The summed E-state index contributed by atoms with van der Waals surface area (Å²) in [5.74, 6) is 0.711. The predicted octanol–water partition coefficient (Wildman–Crippen LogP) is 3.92. The Kier molecular flexibility index (Phi) is 6.32. The van der Waals surface area contributed by atoms with E-state index in [0.717, 1.165) is 11.1 Å². The van der Waals surface area contributed by atoms with Crippen molar-refractivity contribution in [3.8, 4) is 23.0 Å². The number of cyclic esters (lactones) is 1. The van der Waals surface area contributed by atoms with E-state index in [2.05, 4.69) is 0 Å². The van der Waals surface area contributed by atoms with E-state index in [1.807, 2.05) is 18.2 Å². The summed E-state index contributed by atoms with van der Waals surface area (Å²) in [7, 11) is 3.03. The van der Waals surface area contributed by atoms with Gasteiger partial charge in [-0.2, -0.15) is 0 Å². The Labute approximate surface area is 170 Å². The third-order valence-electron chi connectivity index (χ3n) is 5.29. The third-order valence-corrected chi connectivity index (χ3v) is 5.29. The molecular formula is C23H26O6. The highest BCUT2D eigenvalue weighted by Gasteiger charge is 2.34. The number of aromatic hydroxyl groups is 2. The van der Waals surface area contributed by atoms with Crippen LogP contribution in [0.5, 0.6) is 23.0 Å². The number of ether oxygens (including phenoxy) is 3. The second kappa shape index (κ2) is 8.90. The maximum absolute atomic E-state index is 12.0. The van der Waals surface area contributed by atoms with Gasteiger partial charge in [0.05, 0.1) is 14.2 Å². The molecule has 6 heteroatoms. The Morgan fingerprint density at radius 2 is 1.45 bits per heavy atom. The molecule has 0 radical (unpaired) electrons. The molecule has 2 aromatic rings. The van der Waals surface area contributed by atoms with E-state index in [4.69, 9.17) is 14.2 Å². The van der Waals surface area contributed by atoms with E-state index < -0.39 is 5.60 Å². The van der Waals surface area contributed by atoms with Crippen molar-refractivity contribution < 1.29 is 29.2 Å². The zero-order chi connectivity index (χ0) is 20.9. The minimum absolute atomic E-state index is 0.0965. The van der Waals surface area contributed by atoms with E-state index in [0.29, 0.717) is 43.6 Å². The molecule has 0 fully saturated rings. The molecule has 0 saturated heterocycles. The molecule has 0 bridgehead atoms. The summed E-state index contributed by atoms with van der Waals surface area (Å²) in [6.07, 6.45) is 6.61. The van der Waals surface area contributed by atoms with Crippen LogP contribution in [0.1, 0.15) is 30.4 Å². The topological polar surface area (TPSA) is 85.2 Å². The molecule has 1 heterocycles. The Morgan fingerprint density at radius 1 is 0.931 bits per heavy atom. The Bertz CT molecular complexity index is 845. The zero-order valence-electron chi connectivity index (χ0n) is 16.7. The molecule has 6 nitrogen and oxygen atoms in total. The number of hydrogen-bond acceptors (Lipinski definition) is 6. The van der Waals surface area contributed by atoms with Crippen LogP contribution < -0.4 is 9.47 Å². The minimum atomic E-state index is -0.609. The zero-order valence-corrected chi connectivity index (χ0v) is 16.7. The lowest BCUT2D eigenvalue weighted by Crippen LogP contribution is -2.37. The quantitative estimate of drug-likeness (QED) is 0.656. The largest absolute Gasteiger partial charge is 0.504 e. The van der Waals surface area contributed by atoms with Crippen LogP contribution in [0.4, 0.5) is 0 Å². The van der Waals surface area contributed by atoms with Crippen molar-refractivity contribution in [2.75, 3.05) is 14.2 Å². The number of carbonyl (C=O) groups is 1. The van der Waals surface area contributed by atoms with E-state index in [1.165, 1.54) is 20.3 Å². The van der Waals surface area contributed by atoms with Gasteiger partial charge in [0.1, 0.15) is 5.60 Å². The number of methoxy groups -OCH3 is 2. The molecule has 3 rings (SSSR count). The van der Waals surface area contributed by atoms with Crippen molar-refractivity contribution in [3.63, 3.8) is 0 Å². The lowest BCUT2D eigenvalue weighted by molar-refractivity contribution is -0.156. The van der Waals surface area contributed by atoms with Crippen LogP contribution in [-0.4, -0.2) is 36.0 Å². The summed E-state index contributed by atoms with van der Waals surface area (Å²) in [6.45, 7) is 0. The number of aryl methyl sites for hydroxylation is 2. The van der Waals surface area contributed by atoms with Crippen LogP contribution in [-0.2, 0) is 22.4 Å². The molecule has 0 amide bonds. The number of benzene rings is 2. The first kappa shape index (κ1) is 20.6. The number of esters is 1. The van der Waals surface area contributed by atoms with Crippen molar-refractivity contribution in [1.82, 2.24) is 0 Å². The average molecular weight is 398 g/mol. The van der Waals surface area contributed by atoms with Crippen molar-refractivity contribution in [2.45, 2.75) is 37.7 Å². The highest BCUT2D eigenvalue weighted by Crippen LogP contribution is 2.35. The van der Waals surface area contributed by atoms with Crippen LogP contribution in [0.2, 0.25) is 0 Å². The highest BCUT2D eigenvalue weighted by molar-refractivity contribution is 5.83. The van der Waals surface area contributed by atoms with E-state index in [1.54, 1.807) is 24.3 Å². The molecule has 0 aliphatic carbocycles. The van der Waals surface area contributed by atoms with Gasteiger partial charge < -0.3 is 24.4 Å². The summed E-state index contributed by atoms with van der Waals surface area (Å²) in [5, 5.41) is 19.6. The number of hydrogen-bond donors (Lipinski definition) is 2. The molecular weight excluding hydrogens is 372 g/mol. The second-order valence-corrected chi connectivity index (χ2v) is 7.22. The van der Waals surface area contributed by atoms with Crippen LogP contribution in [0.25, 0.3) is 0 Å². The summed E-state index contributed by atoms with van der Waals surface area (Å²) in [5.41, 5.74) is 1.38. The number of phenols is 2. The van der Waals surface area contributed by atoms with Crippen LogP contribution in [0.3, 0.4) is 0 Å². The Balaban J connectivity index is 1.74. The van der Waals surface area contributed by atoms with Crippen molar-refractivity contribution in [2.24, 2.45) is 0 Å². The van der Waals surface area contributed by atoms with Gasteiger partial charge in [0.2, 0.25) is 0 Å². The minimum Gasteiger partial charge on any atom is -0.504 e. The van der Waals surface area contributed by atoms with Gasteiger partial charge in [-0.3, -0.25) is 0 Å². The van der Waals surface area contributed by atoms with Gasteiger partial charge >= 0.3 is 5.97 Å². The molecule has 2 N–H and O–H groups in total. The van der Waals surface area contributed by atoms with Gasteiger partial charge in [-0.25, -0.2) is 4.79 Å². The van der Waals surface area contributed by atoms with Gasteiger partial charge in [-0.1, -0.05) is 18.2 Å². The SMILES string of the molecule is COc1cc(CCC2(CCc3ccc(O)c(OC)c3)CC=CC(=O)O2)ccc1O. The average Bonchev–Trinajstić information content (AvgIpc) is 2.72. The number of rotatable bonds is 8. The lowest BCUT2D eigenvalue weighted by atomic mass is 9.84. The van der Waals surface area contributed by atoms with E-state index in [-0.39, 0.29) is 17.5 Å². The summed E-state index contributed by atoms with van der Waals surface area (Å²) < 4.78 is 16.1. The van der Waals surface area contributed by atoms with Gasteiger partial charge in [0.25, 0.3) is 0 Å².